The van der Waals surface area contributed by atoms with Crippen LogP contribution in [0.25, 0.3) is 0 Å². The molecule has 2 N–H and O–H groups in total. The molecule has 0 aliphatic carbocycles. The molecule has 1 aromatic heterocycles. The van der Waals surface area contributed by atoms with E-state index in [9.17, 15) is 4.79 Å². The molecule has 0 bridgehead atoms. The van der Waals surface area contributed by atoms with Crippen LogP contribution in [0.1, 0.15) is 6.92 Å². The number of hydrogen-bond donors (Lipinski definition) is 2. The second-order valence-electron chi connectivity index (χ2n) is 4.89. The van der Waals surface area contributed by atoms with Crippen LogP contribution in [0.3, 0.4) is 0 Å². The lowest BCUT2D eigenvalue weighted by Crippen LogP contribution is -2.52. The summed E-state index contributed by atoms with van der Waals surface area (Å²) in [7, 11) is 0. The molecule has 0 spiro atoms. The van der Waals surface area contributed by atoms with E-state index in [0.717, 1.165) is 44.4 Å². The van der Waals surface area contributed by atoms with Gasteiger partial charge >= 0.3 is 6.03 Å². The predicted octanol–water partition coefficient (Wildman–Crippen LogP) is 0.727. The molecule has 19 heavy (non-hydrogen) atoms. The first-order valence-corrected chi connectivity index (χ1v) is 6.78. The lowest BCUT2D eigenvalue weighted by molar-refractivity contribution is 0.197. The van der Waals surface area contributed by atoms with Crippen molar-refractivity contribution in [3.63, 3.8) is 0 Å². The Bertz CT molecular complexity index is 478. The summed E-state index contributed by atoms with van der Waals surface area (Å²) in [5.74, 6) is 1.89. The van der Waals surface area contributed by atoms with Gasteiger partial charge in [-0.25, -0.2) is 9.78 Å². The fraction of sp³-hybridized carbons (Fsp3) is 0.538. The first-order valence-electron chi connectivity index (χ1n) is 6.78. The van der Waals surface area contributed by atoms with Crippen molar-refractivity contribution in [3.8, 4) is 0 Å². The second-order valence-corrected chi connectivity index (χ2v) is 4.89. The highest BCUT2D eigenvalue weighted by Crippen LogP contribution is 2.20. The molecule has 2 fully saturated rings. The third kappa shape index (κ3) is 2.30. The average Bonchev–Trinajstić information content (AvgIpc) is 2.81. The van der Waals surface area contributed by atoms with Gasteiger partial charge < -0.3 is 20.4 Å². The van der Waals surface area contributed by atoms with Crippen molar-refractivity contribution in [1.82, 2.24) is 15.2 Å². The third-order valence-electron chi connectivity index (χ3n) is 3.65. The number of fused-ring (bicyclic) bond motifs is 1. The zero-order chi connectivity index (χ0) is 13.2. The first kappa shape index (κ1) is 12.1. The molecular formula is C13H19N5O. The van der Waals surface area contributed by atoms with E-state index in [-0.39, 0.29) is 12.1 Å². The highest BCUT2D eigenvalue weighted by Gasteiger charge is 2.35. The van der Waals surface area contributed by atoms with E-state index in [0.29, 0.717) is 0 Å². The molecule has 3 rings (SSSR count). The van der Waals surface area contributed by atoms with Crippen LogP contribution < -0.4 is 15.5 Å². The molecule has 0 aromatic carbocycles. The topological polar surface area (TPSA) is 60.5 Å². The molecule has 1 aromatic rings. The zero-order valence-electron chi connectivity index (χ0n) is 11.1. The van der Waals surface area contributed by atoms with Gasteiger partial charge in [-0.1, -0.05) is 6.07 Å². The van der Waals surface area contributed by atoms with Crippen molar-refractivity contribution >= 4 is 17.7 Å². The molecule has 0 saturated carbocycles. The van der Waals surface area contributed by atoms with Gasteiger partial charge in [0.05, 0.1) is 6.04 Å². The summed E-state index contributed by atoms with van der Waals surface area (Å²) in [5, 5.41) is 6.12. The molecule has 1 unspecified atom stereocenters. The molecule has 102 valence electrons. The molecule has 2 saturated heterocycles. The normalized spacial score (nSPS) is 22.2. The minimum atomic E-state index is 0.0685. The Kier molecular flexibility index (Phi) is 3.15. The fourth-order valence-electron chi connectivity index (χ4n) is 2.69. The van der Waals surface area contributed by atoms with Crippen LogP contribution in [-0.4, -0.2) is 54.7 Å². The number of carbonyl (C=O) groups is 1. The van der Waals surface area contributed by atoms with Gasteiger partial charge in [0.15, 0.2) is 0 Å². The minimum Gasteiger partial charge on any atom is -0.370 e. The van der Waals surface area contributed by atoms with Gasteiger partial charge in [0.1, 0.15) is 11.6 Å². The van der Waals surface area contributed by atoms with Crippen molar-refractivity contribution in [2.24, 2.45) is 0 Å². The average molecular weight is 261 g/mol. The number of nitrogens with one attached hydrogen (secondary N) is 2. The maximum Gasteiger partial charge on any atom is 0.317 e. The van der Waals surface area contributed by atoms with Crippen LogP contribution in [0.2, 0.25) is 0 Å². The van der Waals surface area contributed by atoms with Crippen LogP contribution in [0.4, 0.5) is 16.4 Å². The summed E-state index contributed by atoms with van der Waals surface area (Å²) in [4.78, 5) is 20.3. The lowest BCUT2D eigenvalue weighted by atomic mass is 10.2. The Labute approximate surface area is 112 Å². The summed E-state index contributed by atoms with van der Waals surface area (Å²) >= 11 is 0. The van der Waals surface area contributed by atoms with Gasteiger partial charge in [0, 0.05) is 32.7 Å². The van der Waals surface area contributed by atoms with E-state index in [1.165, 1.54) is 0 Å². The summed E-state index contributed by atoms with van der Waals surface area (Å²) in [6, 6.07) is 6.36. The predicted molar refractivity (Wildman–Crippen MR) is 74.5 cm³/mol. The largest absolute Gasteiger partial charge is 0.370 e. The summed E-state index contributed by atoms with van der Waals surface area (Å²) in [5.41, 5.74) is 0. The van der Waals surface area contributed by atoms with E-state index in [4.69, 9.17) is 0 Å². The van der Waals surface area contributed by atoms with Crippen molar-refractivity contribution in [1.29, 1.82) is 0 Å². The smallest absolute Gasteiger partial charge is 0.317 e. The zero-order valence-corrected chi connectivity index (χ0v) is 11.1. The third-order valence-corrected chi connectivity index (χ3v) is 3.65. The van der Waals surface area contributed by atoms with Gasteiger partial charge in [0.2, 0.25) is 0 Å². The Morgan fingerprint density at radius 1 is 1.47 bits per heavy atom. The van der Waals surface area contributed by atoms with Crippen LogP contribution >= 0.6 is 0 Å². The van der Waals surface area contributed by atoms with Crippen molar-refractivity contribution in [2.75, 3.05) is 42.9 Å². The fourth-order valence-corrected chi connectivity index (χ4v) is 2.69. The number of nitrogens with zero attached hydrogens (tertiary/aromatic N) is 3. The molecular weight excluding hydrogens is 242 g/mol. The maximum absolute atomic E-state index is 11.6. The number of aromatic nitrogens is 1. The van der Waals surface area contributed by atoms with Crippen LogP contribution in [0.15, 0.2) is 18.2 Å². The van der Waals surface area contributed by atoms with E-state index >= 15 is 0 Å². The number of anilines is 2. The van der Waals surface area contributed by atoms with Crippen LogP contribution in [0.5, 0.6) is 0 Å². The molecule has 2 amide bonds. The molecule has 2 aliphatic heterocycles. The monoisotopic (exact) mass is 261 g/mol. The molecule has 6 nitrogen and oxygen atoms in total. The number of piperazine rings is 1. The lowest BCUT2D eigenvalue weighted by Gasteiger charge is -2.37. The van der Waals surface area contributed by atoms with E-state index in [1.54, 1.807) is 0 Å². The summed E-state index contributed by atoms with van der Waals surface area (Å²) < 4.78 is 0. The Balaban J connectivity index is 1.73. The van der Waals surface area contributed by atoms with Gasteiger partial charge in [-0.05, 0) is 19.1 Å². The maximum atomic E-state index is 11.6. The SMILES string of the molecule is CCNc1cccc(N2CCN3C(=O)NCC3C2)n1. The van der Waals surface area contributed by atoms with Crippen molar-refractivity contribution in [3.05, 3.63) is 18.2 Å². The number of carbonyl (C=O) groups excluding carboxylic acids is 1. The van der Waals surface area contributed by atoms with Gasteiger partial charge in [0.25, 0.3) is 0 Å². The standard InChI is InChI=1S/C13H19N5O/c1-2-14-11-4-3-5-12(16-11)17-6-7-18-10(9-17)8-15-13(18)19/h3-5,10H,2,6-9H2,1H3,(H,14,16)(H,15,19). The highest BCUT2D eigenvalue weighted by molar-refractivity contribution is 5.77. The van der Waals surface area contributed by atoms with Crippen LogP contribution in [-0.2, 0) is 0 Å². The van der Waals surface area contributed by atoms with Gasteiger partial charge in [-0.2, -0.15) is 0 Å². The second kappa shape index (κ2) is 4.95. The first-order chi connectivity index (χ1) is 9.28. The molecule has 2 aliphatic rings. The van der Waals surface area contributed by atoms with E-state index in [2.05, 4.69) is 27.4 Å². The summed E-state index contributed by atoms with van der Waals surface area (Å²) in [6.45, 7) is 6.12. The van der Waals surface area contributed by atoms with E-state index in [1.807, 2.05) is 23.1 Å². The Morgan fingerprint density at radius 2 is 2.37 bits per heavy atom. The Hall–Kier alpha value is -1.98. The van der Waals surface area contributed by atoms with E-state index < -0.39 is 0 Å². The number of amides is 2. The molecule has 6 heteroatoms. The number of pyridine rings is 1. The summed E-state index contributed by atoms with van der Waals surface area (Å²) in [6.07, 6.45) is 0. The quantitative estimate of drug-likeness (QED) is 0.842. The van der Waals surface area contributed by atoms with Crippen LogP contribution in [0, 0.1) is 0 Å². The van der Waals surface area contributed by atoms with Gasteiger partial charge in [-0.3, -0.25) is 0 Å². The highest BCUT2D eigenvalue weighted by atomic mass is 16.2. The van der Waals surface area contributed by atoms with Crippen molar-refractivity contribution < 1.29 is 4.79 Å². The number of hydrogen-bond acceptors (Lipinski definition) is 4. The van der Waals surface area contributed by atoms with Crippen molar-refractivity contribution in [2.45, 2.75) is 13.0 Å². The molecule has 3 heterocycles. The van der Waals surface area contributed by atoms with Gasteiger partial charge in [-0.15, -0.1) is 0 Å². The molecule has 0 radical (unpaired) electrons. The minimum absolute atomic E-state index is 0.0685. The number of urea groups is 1. The number of rotatable bonds is 3. The Morgan fingerprint density at radius 3 is 3.21 bits per heavy atom. The molecule has 1 atom stereocenters.